The summed E-state index contributed by atoms with van der Waals surface area (Å²) in [5, 5.41) is 8.20. The number of benzene rings is 4. The van der Waals surface area contributed by atoms with Crippen LogP contribution in [0.3, 0.4) is 0 Å². The first kappa shape index (κ1) is 20.8. The third kappa shape index (κ3) is 3.70. The van der Waals surface area contributed by atoms with Gasteiger partial charge in [-0.05, 0) is 34.7 Å². The van der Waals surface area contributed by atoms with Gasteiger partial charge in [0.15, 0.2) is 5.13 Å². The molecule has 0 radical (unpaired) electrons. The SMILES string of the molecule is O=C(Nc1nc(-c2cccc3ccccc23)cs1)C1(C(c2ccccc2)c2ccccc2)CC1. The van der Waals surface area contributed by atoms with Gasteiger partial charge in [0.1, 0.15) is 0 Å². The van der Waals surface area contributed by atoms with E-state index in [2.05, 4.69) is 84.2 Å². The number of hydrogen-bond acceptors (Lipinski definition) is 3. The highest BCUT2D eigenvalue weighted by molar-refractivity contribution is 7.14. The Balaban J connectivity index is 1.31. The monoisotopic (exact) mass is 460 g/mol. The molecule has 3 nitrogen and oxygen atoms in total. The number of carbonyl (C=O) groups is 1. The lowest BCUT2D eigenvalue weighted by molar-refractivity contribution is -0.121. The summed E-state index contributed by atoms with van der Waals surface area (Å²) in [7, 11) is 0. The Morgan fingerprint density at radius 1 is 0.794 bits per heavy atom. The van der Waals surface area contributed by atoms with E-state index in [0.29, 0.717) is 5.13 Å². The second kappa shape index (κ2) is 8.54. The first-order valence-corrected chi connectivity index (χ1v) is 12.5. The van der Waals surface area contributed by atoms with Crippen LogP contribution in [0.4, 0.5) is 5.13 Å². The van der Waals surface area contributed by atoms with Crippen molar-refractivity contribution in [2.45, 2.75) is 18.8 Å². The summed E-state index contributed by atoms with van der Waals surface area (Å²) in [5.74, 6) is 0.0800. The van der Waals surface area contributed by atoms with Crippen LogP contribution in [0.5, 0.6) is 0 Å². The molecule has 6 rings (SSSR count). The summed E-state index contributed by atoms with van der Waals surface area (Å²) in [5.41, 5.74) is 3.88. The van der Waals surface area contributed by atoms with Gasteiger partial charge in [-0.1, -0.05) is 103 Å². The Bertz CT molecular complexity index is 1410. The molecule has 1 N–H and O–H groups in total. The molecule has 1 aliphatic rings. The molecule has 0 atom stereocenters. The molecule has 1 aromatic heterocycles. The predicted octanol–water partition coefficient (Wildman–Crippen LogP) is 7.51. The predicted molar refractivity (Wildman–Crippen MR) is 140 cm³/mol. The van der Waals surface area contributed by atoms with Crippen molar-refractivity contribution in [3.8, 4) is 11.3 Å². The Morgan fingerprint density at radius 3 is 2.09 bits per heavy atom. The lowest BCUT2D eigenvalue weighted by Gasteiger charge is -2.27. The third-order valence-corrected chi connectivity index (χ3v) is 7.61. The van der Waals surface area contributed by atoms with Crippen molar-refractivity contribution in [1.29, 1.82) is 0 Å². The Kier molecular flexibility index (Phi) is 5.23. The number of rotatable bonds is 6. The van der Waals surface area contributed by atoms with Crippen molar-refractivity contribution in [3.05, 3.63) is 120 Å². The maximum absolute atomic E-state index is 13.7. The van der Waals surface area contributed by atoms with E-state index < -0.39 is 5.41 Å². The van der Waals surface area contributed by atoms with Gasteiger partial charge >= 0.3 is 0 Å². The van der Waals surface area contributed by atoms with E-state index in [4.69, 9.17) is 4.98 Å². The zero-order chi connectivity index (χ0) is 23.0. The van der Waals surface area contributed by atoms with Crippen LogP contribution in [0.1, 0.15) is 29.9 Å². The topological polar surface area (TPSA) is 42.0 Å². The molecule has 0 aliphatic heterocycles. The minimum atomic E-state index is -0.450. The van der Waals surface area contributed by atoms with Crippen LogP contribution in [0.25, 0.3) is 22.0 Å². The van der Waals surface area contributed by atoms with Gasteiger partial charge in [0.05, 0.1) is 11.1 Å². The molecule has 0 spiro atoms. The van der Waals surface area contributed by atoms with Gasteiger partial charge < -0.3 is 5.32 Å². The van der Waals surface area contributed by atoms with Crippen LogP contribution < -0.4 is 5.32 Å². The van der Waals surface area contributed by atoms with E-state index in [1.807, 2.05) is 29.6 Å². The summed E-state index contributed by atoms with van der Waals surface area (Å²) in [6.45, 7) is 0. The van der Waals surface area contributed by atoms with Gasteiger partial charge in [-0.15, -0.1) is 11.3 Å². The largest absolute Gasteiger partial charge is 0.301 e. The van der Waals surface area contributed by atoms with Crippen molar-refractivity contribution >= 4 is 33.1 Å². The molecule has 0 saturated heterocycles. The van der Waals surface area contributed by atoms with Gasteiger partial charge in [-0.25, -0.2) is 4.98 Å². The zero-order valence-corrected chi connectivity index (χ0v) is 19.5. The lowest BCUT2D eigenvalue weighted by Crippen LogP contribution is -2.30. The molecule has 4 aromatic carbocycles. The van der Waals surface area contributed by atoms with Crippen LogP contribution in [0.2, 0.25) is 0 Å². The van der Waals surface area contributed by atoms with Crippen molar-refractivity contribution < 1.29 is 4.79 Å². The fraction of sp³-hybridized carbons (Fsp3) is 0.133. The van der Waals surface area contributed by atoms with E-state index >= 15 is 0 Å². The van der Waals surface area contributed by atoms with E-state index in [-0.39, 0.29) is 11.8 Å². The van der Waals surface area contributed by atoms with Crippen LogP contribution in [0.15, 0.2) is 109 Å². The standard InChI is InChI=1S/C30H24N2OS/c33-28(30(18-19-30)27(22-11-3-1-4-12-22)23-13-5-2-6-14-23)32-29-31-26(20-34-29)25-17-9-15-21-10-7-8-16-24(21)25/h1-17,20,27H,18-19H2,(H,31,32,33). The highest BCUT2D eigenvalue weighted by atomic mass is 32.1. The van der Waals surface area contributed by atoms with Crippen molar-refractivity contribution in [2.24, 2.45) is 5.41 Å². The molecule has 1 fully saturated rings. The molecule has 34 heavy (non-hydrogen) atoms. The number of hydrogen-bond donors (Lipinski definition) is 1. The van der Waals surface area contributed by atoms with Gasteiger partial charge in [-0.3, -0.25) is 4.79 Å². The van der Waals surface area contributed by atoms with Crippen LogP contribution in [-0.4, -0.2) is 10.9 Å². The third-order valence-electron chi connectivity index (χ3n) is 6.85. The van der Waals surface area contributed by atoms with E-state index in [1.54, 1.807) is 0 Å². The molecule has 1 saturated carbocycles. The molecule has 1 amide bonds. The second-order valence-electron chi connectivity index (χ2n) is 8.93. The molecular weight excluding hydrogens is 436 g/mol. The average molecular weight is 461 g/mol. The Labute approximate surface area is 203 Å². The molecule has 5 aromatic rings. The molecule has 1 heterocycles. The summed E-state index contributed by atoms with van der Waals surface area (Å²) in [4.78, 5) is 18.5. The number of carbonyl (C=O) groups excluding carboxylic acids is 1. The highest BCUT2D eigenvalue weighted by Crippen LogP contribution is 2.59. The van der Waals surface area contributed by atoms with Gasteiger partial charge in [0.25, 0.3) is 0 Å². The molecule has 0 unspecified atom stereocenters. The lowest BCUT2D eigenvalue weighted by atomic mass is 9.77. The normalized spacial score (nSPS) is 14.3. The smallest absolute Gasteiger partial charge is 0.233 e. The number of nitrogens with zero attached hydrogens (tertiary/aromatic N) is 1. The molecular formula is C30H24N2OS. The van der Waals surface area contributed by atoms with E-state index in [9.17, 15) is 4.79 Å². The van der Waals surface area contributed by atoms with Crippen molar-refractivity contribution in [1.82, 2.24) is 4.98 Å². The molecule has 166 valence electrons. The van der Waals surface area contributed by atoms with Crippen molar-refractivity contribution in [2.75, 3.05) is 5.32 Å². The Hall–Kier alpha value is -3.76. The van der Waals surface area contributed by atoms with Gasteiger partial charge in [0, 0.05) is 16.9 Å². The second-order valence-corrected chi connectivity index (χ2v) is 9.79. The summed E-state index contributed by atoms with van der Waals surface area (Å²) in [6.07, 6.45) is 1.74. The van der Waals surface area contributed by atoms with Crippen molar-refractivity contribution in [3.63, 3.8) is 0 Å². The van der Waals surface area contributed by atoms with E-state index in [1.165, 1.54) is 33.2 Å². The minimum absolute atomic E-state index is 0.0207. The minimum Gasteiger partial charge on any atom is -0.301 e. The molecule has 1 aliphatic carbocycles. The van der Waals surface area contributed by atoms with Crippen LogP contribution in [0, 0.1) is 5.41 Å². The first-order chi connectivity index (χ1) is 16.7. The van der Waals surface area contributed by atoms with Gasteiger partial charge in [0.2, 0.25) is 5.91 Å². The zero-order valence-electron chi connectivity index (χ0n) is 18.6. The summed E-state index contributed by atoms with van der Waals surface area (Å²) in [6, 6.07) is 35.4. The number of fused-ring (bicyclic) bond motifs is 1. The van der Waals surface area contributed by atoms with Gasteiger partial charge in [-0.2, -0.15) is 0 Å². The average Bonchev–Trinajstić information content (AvgIpc) is 3.56. The van der Waals surface area contributed by atoms with E-state index in [0.717, 1.165) is 24.1 Å². The fourth-order valence-corrected chi connectivity index (χ4v) is 5.73. The number of aromatic nitrogens is 1. The summed E-state index contributed by atoms with van der Waals surface area (Å²) >= 11 is 1.49. The fourth-order valence-electron chi connectivity index (χ4n) is 5.03. The maximum atomic E-state index is 13.7. The maximum Gasteiger partial charge on any atom is 0.233 e. The first-order valence-electron chi connectivity index (χ1n) is 11.6. The Morgan fingerprint density at radius 2 is 1.41 bits per heavy atom. The summed E-state index contributed by atoms with van der Waals surface area (Å²) < 4.78 is 0. The molecule has 0 bridgehead atoms. The molecule has 4 heteroatoms. The van der Waals surface area contributed by atoms with Crippen LogP contribution >= 0.6 is 11.3 Å². The number of amides is 1. The number of thiazole rings is 1. The highest BCUT2D eigenvalue weighted by Gasteiger charge is 2.56. The number of anilines is 1. The number of nitrogens with one attached hydrogen (secondary N) is 1. The van der Waals surface area contributed by atoms with Crippen LogP contribution in [-0.2, 0) is 4.79 Å². The quantitative estimate of drug-likeness (QED) is 0.285.